The Bertz CT molecular complexity index is 3160. The number of ether oxygens (including phenoxy) is 1. The predicted molar refractivity (Wildman–Crippen MR) is 420 cm³/mol. The molecule has 0 aliphatic rings. The molecule has 3 atom stereocenters. The van der Waals surface area contributed by atoms with Gasteiger partial charge < -0.3 is 50.3 Å². The molecule has 3 rings (SSSR count). The molecule has 0 aromatic heterocycles. The van der Waals surface area contributed by atoms with Crippen LogP contribution in [0, 0.1) is 47.3 Å². The lowest BCUT2D eigenvalue weighted by atomic mass is 9.88. The van der Waals surface area contributed by atoms with E-state index < -0.39 is 35.8 Å². The van der Waals surface area contributed by atoms with Gasteiger partial charge in [-0.05, 0) is 93.4 Å². The van der Waals surface area contributed by atoms with Crippen LogP contribution in [-0.4, -0.2) is 152 Å². The van der Waals surface area contributed by atoms with Crippen molar-refractivity contribution in [1.29, 1.82) is 0 Å². The monoisotopic (exact) mass is 1490 g/mol. The second-order valence-corrected chi connectivity index (χ2v) is 29.9. The third-order valence-electron chi connectivity index (χ3n) is 16.3. The quantitative estimate of drug-likeness (QED) is 0.0207. The summed E-state index contributed by atoms with van der Waals surface area (Å²) in [5.41, 5.74) is 8.37. The molecule has 104 heavy (non-hydrogen) atoms. The molecule has 3 unspecified atom stereocenters. The molecule has 3 aromatic rings. The van der Waals surface area contributed by atoms with Crippen LogP contribution in [0.1, 0.15) is 200 Å². The lowest BCUT2D eigenvalue weighted by Crippen LogP contribution is -2.48. The second-order valence-electron chi connectivity index (χ2n) is 28.1. The van der Waals surface area contributed by atoms with Crippen LogP contribution in [0.2, 0.25) is 0 Å². The number of benzene rings is 3. The highest BCUT2D eigenvalue weighted by atomic mass is 32.2. The molecule has 0 radical (unpaired) electrons. The van der Waals surface area contributed by atoms with Crippen LogP contribution in [0.4, 0.5) is 17.1 Å². The molecule has 0 heterocycles. The summed E-state index contributed by atoms with van der Waals surface area (Å²) in [5, 5.41) is 5.42. The Kier molecular flexibility index (Phi) is 50.0. The Hall–Kier alpha value is -7.86. The highest BCUT2D eigenvalue weighted by Crippen LogP contribution is 2.30. The van der Waals surface area contributed by atoms with Gasteiger partial charge in [-0.25, -0.2) is 0 Å². The Morgan fingerprint density at radius 1 is 0.471 bits per heavy atom. The minimum atomic E-state index is -0.851. The number of ketones is 6. The number of hydrogen-bond acceptors (Lipinski definition) is 17. The zero-order valence-electron chi connectivity index (χ0n) is 66.6. The molecule has 0 saturated carbocycles. The molecule has 24 heteroatoms. The summed E-state index contributed by atoms with van der Waals surface area (Å²) < 4.78 is 5.26. The number of Topliss-reactive ketones (excluding diaryl/α,β-unsaturated/α-hetero) is 6. The minimum Gasteiger partial charge on any atom is -0.424 e. The number of anilines is 3. The van der Waals surface area contributed by atoms with Gasteiger partial charge in [-0.3, -0.25) is 57.5 Å². The molecular formula is C80H125N7O15S2. The zero-order valence-corrected chi connectivity index (χ0v) is 68.2. The van der Waals surface area contributed by atoms with Crippen molar-refractivity contribution >= 4 is 123 Å². The average molecular weight is 1490 g/mol. The summed E-state index contributed by atoms with van der Waals surface area (Å²) in [6.45, 7) is 31.1. The highest BCUT2D eigenvalue weighted by Gasteiger charge is 2.33. The van der Waals surface area contributed by atoms with Crippen molar-refractivity contribution in [2.24, 2.45) is 53.1 Å². The van der Waals surface area contributed by atoms with E-state index in [1.165, 1.54) is 25.7 Å². The Balaban J connectivity index is 0. The average Bonchev–Trinajstić information content (AvgIpc) is 0.855. The van der Waals surface area contributed by atoms with Crippen molar-refractivity contribution in [3.05, 3.63) is 78.4 Å². The van der Waals surface area contributed by atoms with Crippen LogP contribution in [0.5, 0.6) is 5.75 Å². The fourth-order valence-corrected chi connectivity index (χ4v) is 11.1. The largest absolute Gasteiger partial charge is 0.424 e. The normalized spacial score (nSPS) is 11.6. The third kappa shape index (κ3) is 40.4. The third-order valence-corrected chi connectivity index (χ3v) is 17.7. The van der Waals surface area contributed by atoms with E-state index in [0.29, 0.717) is 24.3 Å². The van der Waals surface area contributed by atoms with Crippen LogP contribution in [0.15, 0.2) is 77.7 Å². The number of nitrogens with one attached hydrogen (secondary N) is 2. The van der Waals surface area contributed by atoms with Gasteiger partial charge in [0.1, 0.15) is 23.1 Å². The minimum absolute atomic E-state index is 0.00983. The van der Waals surface area contributed by atoms with Crippen LogP contribution in [-0.2, 0) is 73.5 Å². The number of thioether (sulfide) groups is 2. The summed E-state index contributed by atoms with van der Waals surface area (Å²) in [6.07, 6.45) is 7.74. The molecule has 7 amide bonds. The number of carbonyl (C=O) groups excluding carboxylic acids is 14. The molecule has 22 nitrogen and oxygen atoms in total. The van der Waals surface area contributed by atoms with Gasteiger partial charge >= 0.3 is 5.97 Å². The molecule has 0 aliphatic heterocycles. The van der Waals surface area contributed by atoms with Crippen LogP contribution in [0.3, 0.4) is 0 Å². The number of esters is 1. The van der Waals surface area contributed by atoms with Crippen LogP contribution < -0.4 is 35.8 Å². The summed E-state index contributed by atoms with van der Waals surface area (Å²) in [5.74, 6) is -1.74. The maximum Gasteiger partial charge on any atom is 0.311 e. The number of para-hydroxylation sites is 4. The lowest BCUT2D eigenvalue weighted by molar-refractivity contribution is -0.136. The molecule has 0 aliphatic carbocycles. The molecular weight excluding hydrogens is 1360 g/mol. The topological polar surface area (TPSA) is 311 Å². The Labute approximate surface area is 629 Å². The van der Waals surface area contributed by atoms with Crippen molar-refractivity contribution < 1.29 is 71.9 Å². The van der Waals surface area contributed by atoms with E-state index in [0.717, 1.165) is 47.0 Å². The van der Waals surface area contributed by atoms with E-state index in [9.17, 15) is 67.1 Å². The first kappa shape index (κ1) is 98.2. The van der Waals surface area contributed by atoms with Gasteiger partial charge in [-0.2, -0.15) is 11.8 Å². The van der Waals surface area contributed by atoms with E-state index in [2.05, 4.69) is 10.6 Å². The number of hydrogen-bond donors (Lipinski definition) is 3. The number of amides is 7. The fourth-order valence-electron chi connectivity index (χ4n) is 10.0. The molecule has 3 aromatic carbocycles. The number of unbranched alkanes of at least 4 members (excludes halogenated alkanes) is 2. The second kappa shape index (κ2) is 53.0. The number of rotatable bonds is 39. The van der Waals surface area contributed by atoms with Gasteiger partial charge in [0, 0.05) is 145 Å². The van der Waals surface area contributed by atoms with Gasteiger partial charge in [0.05, 0.1) is 29.9 Å². The first-order valence-electron chi connectivity index (χ1n) is 36.0. The number of nitrogens with zero attached hydrogens (tertiary/aromatic N) is 4. The molecule has 0 fully saturated rings. The van der Waals surface area contributed by atoms with E-state index in [-0.39, 0.29) is 163 Å². The van der Waals surface area contributed by atoms with Crippen LogP contribution >= 0.6 is 23.5 Å². The zero-order chi connectivity index (χ0) is 80.3. The maximum atomic E-state index is 13.1. The van der Waals surface area contributed by atoms with Crippen molar-refractivity contribution in [2.45, 2.75) is 218 Å². The fraction of sp³-hybridized carbons (Fsp3) is 0.600. The van der Waals surface area contributed by atoms with E-state index in [4.69, 9.17) is 10.5 Å². The summed E-state index contributed by atoms with van der Waals surface area (Å²) >= 11 is 3.42. The van der Waals surface area contributed by atoms with E-state index in [1.807, 2.05) is 144 Å². The summed E-state index contributed by atoms with van der Waals surface area (Å²) in [6, 6.07) is 20.7. The summed E-state index contributed by atoms with van der Waals surface area (Å²) in [4.78, 5) is 174. The first-order chi connectivity index (χ1) is 48.5. The van der Waals surface area contributed by atoms with Gasteiger partial charge in [0.2, 0.25) is 41.4 Å². The van der Waals surface area contributed by atoms with E-state index >= 15 is 0 Å². The van der Waals surface area contributed by atoms with Gasteiger partial charge in [-0.15, -0.1) is 11.8 Å². The van der Waals surface area contributed by atoms with Crippen molar-refractivity contribution in [3.8, 4) is 5.75 Å². The molecule has 582 valence electrons. The van der Waals surface area contributed by atoms with Crippen molar-refractivity contribution in [2.75, 3.05) is 67.7 Å². The van der Waals surface area contributed by atoms with Gasteiger partial charge in [0.15, 0.2) is 17.3 Å². The maximum absolute atomic E-state index is 13.1. The van der Waals surface area contributed by atoms with Crippen molar-refractivity contribution in [3.63, 3.8) is 0 Å². The lowest BCUT2D eigenvalue weighted by Gasteiger charge is -2.26. The smallest absolute Gasteiger partial charge is 0.311 e. The molecule has 0 spiro atoms. The number of carbonyl (C=O) groups is 14. The van der Waals surface area contributed by atoms with Gasteiger partial charge in [0.25, 0.3) is 0 Å². The highest BCUT2D eigenvalue weighted by molar-refractivity contribution is 7.98. The molecule has 0 saturated heterocycles. The number of nitrogens with two attached hydrogens (primary N) is 1. The predicted octanol–water partition coefficient (Wildman–Crippen LogP) is 12.7. The Morgan fingerprint density at radius 2 is 0.913 bits per heavy atom. The van der Waals surface area contributed by atoms with Crippen LogP contribution in [0.25, 0.3) is 0 Å². The van der Waals surface area contributed by atoms with Gasteiger partial charge in [-0.1, -0.05) is 146 Å². The SMILES string of the molecule is CC(=O)CCC(=O)Cc1ccccc1N(C)C(=O)C(C)C.CC(=O)CCC(=O)Oc1ccccc1N(C)C(=O)C(C)C.CC(=O)NC(C(=O)CC(CCC(N)=O)C(=O)NC(C(=O)CCCCCC(=O)C(C)C)C(C)C)C(C)C.CSCCN(C)C(=O)C(C)C.CSc1ccccc1N(C)C(=O)C(C)C. The summed E-state index contributed by atoms with van der Waals surface area (Å²) in [7, 11) is 7.06. The van der Waals surface area contributed by atoms with Crippen molar-refractivity contribution in [1.82, 2.24) is 15.5 Å². The molecule has 0 bridgehead atoms. The molecule has 4 N–H and O–H groups in total. The Morgan fingerprint density at radius 3 is 1.38 bits per heavy atom. The first-order valence-corrected chi connectivity index (χ1v) is 38.6. The standard InChI is InChI=1S/C27H47N3O6.C17H23NO3.C16H21NO4.C12H17NOS.C8H17NOS/c1-16(2)21(32)11-9-8-10-12-22(33)25(17(3)4)30-27(36)20(13-14-24(28)35)15-23(34)26(18(5)6)29-19(7)31;1-12(2)17(21)18(4)16-8-6-5-7-14(16)11-15(20)10-9-13(3)19;1-11(2)16(20)17(4)13-7-5-6-8-14(13)21-15(19)10-9-12(3)18;1-9(2)12(14)13(3)10-7-5-6-8-11(10)15-4;1-7(2)8(10)9(3)5-6-11-4/h16-18,20,25-26H,8-15H2,1-7H3,(H2,28,35)(H,29,31)(H,30,36);5-8,12H,9-11H2,1-4H3;5-8,11H,9-10H2,1-4H3;5-9H,1-4H3;7H,5-6H2,1-4H3. The van der Waals surface area contributed by atoms with E-state index in [1.54, 1.807) is 104 Å². The number of primary amides is 1.